The van der Waals surface area contributed by atoms with Crippen LogP contribution in [0.2, 0.25) is 0 Å². The molecule has 0 aromatic carbocycles. The van der Waals surface area contributed by atoms with Crippen molar-refractivity contribution in [3.63, 3.8) is 0 Å². The van der Waals surface area contributed by atoms with Crippen LogP contribution in [0.1, 0.15) is 36.9 Å². The standard InChI is InChI=1S/C13H19N5O/c1-18-12-4-2-3-11(10(12)8-15-18)16-17-13(19)14-7-9-5-6-9/h8-9H,2-7H2,1H3,(H2,14,17,19)/b16-11-. The van der Waals surface area contributed by atoms with Crippen LogP contribution in [0.5, 0.6) is 0 Å². The van der Waals surface area contributed by atoms with Gasteiger partial charge in [-0.3, -0.25) is 4.68 Å². The average Bonchev–Trinajstić information content (AvgIpc) is 3.18. The second-order valence-corrected chi connectivity index (χ2v) is 5.31. The maximum Gasteiger partial charge on any atom is 0.335 e. The third-order valence-corrected chi connectivity index (χ3v) is 3.74. The Morgan fingerprint density at radius 2 is 2.37 bits per heavy atom. The lowest BCUT2D eigenvalue weighted by Crippen LogP contribution is -2.34. The van der Waals surface area contributed by atoms with E-state index in [0.29, 0.717) is 5.92 Å². The molecule has 2 aliphatic carbocycles. The molecular weight excluding hydrogens is 242 g/mol. The van der Waals surface area contributed by atoms with Crippen LogP contribution >= 0.6 is 0 Å². The van der Waals surface area contributed by atoms with E-state index in [1.165, 1.54) is 18.5 Å². The minimum absolute atomic E-state index is 0.213. The lowest BCUT2D eigenvalue weighted by atomic mass is 9.96. The van der Waals surface area contributed by atoms with E-state index < -0.39 is 0 Å². The van der Waals surface area contributed by atoms with Crippen LogP contribution in [-0.2, 0) is 13.5 Å². The monoisotopic (exact) mass is 261 g/mol. The van der Waals surface area contributed by atoms with Gasteiger partial charge in [-0.05, 0) is 38.0 Å². The molecule has 0 saturated heterocycles. The molecule has 0 unspecified atom stereocenters. The Morgan fingerprint density at radius 1 is 1.53 bits per heavy atom. The normalized spacial score (nSPS) is 20.2. The van der Waals surface area contributed by atoms with Crippen molar-refractivity contribution in [3.8, 4) is 0 Å². The van der Waals surface area contributed by atoms with Gasteiger partial charge in [0.1, 0.15) is 0 Å². The van der Waals surface area contributed by atoms with E-state index in [2.05, 4.69) is 20.9 Å². The van der Waals surface area contributed by atoms with Gasteiger partial charge in [-0.1, -0.05) is 0 Å². The fourth-order valence-corrected chi connectivity index (χ4v) is 2.39. The summed E-state index contributed by atoms with van der Waals surface area (Å²) < 4.78 is 1.89. The Morgan fingerprint density at radius 3 is 3.16 bits per heavy atom. The third kappa shape index (κ3) is 2.77. The van der Waals surface area contributed by atoms with Crippen molar-refractivity contribution in [2.75, 3.05) is 6.54 Å². The molecule has 1 heterocycles. The predicted octanol–water partition coefficient (Wildman–Crippen LogP) is 1.17. The molecule has 1 aromatic rings. The number of aryl methyl sites for hydroxylation is 1. The number of rotatable bonds is 3. The van der Waals surface area contributed by atoms with E-state index in [4.69, 9.17) is 0 Å². The molecule has 2 N–H and O–H groups in total. The first-order valence-corrected chi connectivity index (χ1v) is 6.85. The topological polar surface area (TPSA) is 71.3 Å². The van der Waals surface area contributed by atoms with Crippen molar-refractivity contribution >= 4 is 11.7 Å². The highest BCUT2D eigenvalue weighted by Crippen LogP contribution is 2.27. The van der Waals surface area contributed by atoms with Crippen LogP contribution in [-0.4, -0.2) is 28.1 Å². The average molecular weight is 261 g/mol. The fraction of sp³-hybridized carbons (Fsp3) is 0.615. The van der Waals surface area contributed by atoms with Gasteiger partial charge in [0.15, 0.2) is 0 Å². The van der Waals surface area contributed by atoms with Crippen LogP contribution in [0.3, 0.4) is 0 Å². The highest BCUT2D eigenvalue weighted by molar-refractivity contribution is 6.02. The second kappa shape index (κ2) is 5.03. The van der Waals surface area contributed by atoms with E-state index in [9.17, 15) is 4.79 Å². The van der Waals surface area contributed by atoms with Gasteiger partial charge in [0.2, 0.25) is 0 Å². The lowest BCUT2D eigenvalue weighted by molar-refractivity contribution is 0.241. The quantitative estimate of drug-likeness (QED) is 0.802. The van der Waals surface area contributed by atoms with Gasteiger partial charge in [-0.2, -0.15) is 10.2 Å². The highest BCUT2D eigenvalue weighted by Gasteiger charge is 2.22. The molecule has 3 rings (SSSR count). The number of carbonyl (C=O) groups is 1. The summed E-state index contributed by atoms with van der Waals surface area (Å²) in [6.45, 7) is 0.759. The zero-order valence-corrected chi connectivity index (χ0v) is 11.1. The SMILES string of the molecule is Cn1ncc2c1CCC/C2=N/NC(=O)NCC1CC1. The minimum atomic E-state index is -0.213. The number of nitrogens with zero attached hydrogens (tertiary/aromatic N) is 3. The van der Waals surface area contributed by atoms with Crippen molar-refractivity contribution in [2.24, 2.45) is 18.1 Å². The van der Waals surface area contributed by atoms with Crippen molar-refractivity contribution in [2.45, 2.75) is 32.1 Å². The van der Waals surface area contributed by atoms with Crippen LogP contribution in [0.4, 0.5) is 4.79 Å². The number of hydrazone groups is 1. The summed E-state index contributed by atoms with van der Waals surface area (Å²) in [6.07, 6.45) is 7.26. The minimum Gasteiger partial charge on any atom is -0.336 e. The Hall–Kier alpha value is -1.85. The maximum atomic E-state index is 11.6. The van der Waals surface area contributed by atoms with E-state index in [1.807, 2.05) is 17.9 Å². The first-order valence-electron chi connectivity index (χ1n) is 6.85. The molecular formula is C13H19N5O. The van der Waals surface area contributed by atoms with Gasteiger partial charge >= 0.3 is 6.03 Å². The van der Waals surface area contributed by atoms with Crippen LogP contribution < -0.4 is 10.7 Å². The molecule has 1 aromatic heterocycles. The zero-order chi connectivity index (χ0) is 13.2. The Labute approximate surface area is 112 Å². The molecule has 6 heteroatoms. The van der Waals surface area contributed by atoms with E-state index in [1.54, 1.807) is 0 Å². The number of nitrogens with one attached hydrogen (secondary N) is 2. The first-order chi connectivity index (χ1) is 9.24. The van der Waals surface area contributed by atoms with Crippen LogP contribution in [0.15, 0.2) is 11.3 Å². The van der Waals surface area contributed by atoms with Crippen molar-refractivity contribution in [1.82, 2.24) is 20.5 Å². The van der Waals surface area contributed by atoms with Gasteiger partial charge in [-0.15, -0.1) is 0 Å². The molecule has 0 spiro atoms. The predicted molar refractivity (Wildman–Crippen MR) is 71.9 cm³/mol. The highest BCUT2D eigenvalue weighted by atomic mass is 16.2. The summed E-state index contributed by atoms with van der Waals surface area (Å²) in [5.41, 5.74) is 5.78. The molecule has 6 nitrogen and oxygen atoms in total. The number of fused-ring (bicyclic) bond motifs is 1. The molecule has 102 valence electrons. The lowest BCUT2D eigenvalue weighted by Gasteiger charge is -2.14. The molecule has 0 aliphatic heterocycles. The van der Waals surface area contributed by atoms with Crippen LogP contribution in [0, 0.1) is 5.92 Å². The summed E-state index contributed by atoms with van der Waals surface area (Å²) >= 11 is 0. The number of hydrogen-bond acceptors (Lipinski definition) is 3. The molecule has 0 bridgehead atoms. The molecule has 0 atom stereocenters. The number of urea groups is 1. The molecule has 19 heavy (non-hydrogen) atoms. The fourth-order valence-electron chi connectivity index (χ4n) is 2.39. The van der Waals surface area contributed by atoms with Gasteiger partial charge in [0.25, 0.3) is 0 Å². The maximum absolute atomic E-state index is 11.6. The number of carbonyl (C=O) groups excluding carboxylic acids is 1. The Bertz CT molecular complexity index is 515. The van der Waals surface area contributed by atoms with Crippen molar-refractivity contribution in [3.05, 3.63) is 17.5 Å². The van der Waals surface area contributed by atoms with Gasteiger partial charge in [0.05, 0.1) is 11.9 Å². The Balaban J connectivity index is 1.62. The summed E-state index contributed by atoms with van der Waals surface area (Å²) in [5, 5.41) is 11.3. The Kier molecular flexibility index (Phi) is 3.23. The molecule has 1 fully saturated rings. The summed E-state index contributed by atoms with van der Waals surface area (Å²) in [5.74, 6) is 0.679. The molecule has 2 aliphatic rings. The summed E-state index contributed by atoms with van der Waals surface area (Å²) in [7, 11) is 1.94. The van der Waals surface area contributed by atoms with E-state index >= 15 is 0 Å². The molecule has 1 saturated carbocycles. The second-order valence-electron chi connectivity index (χ2n) is 5.31. The molecule has 0 radical (unpaired) electrons. The van der Waals surface area contributed by atoms with E-state index in [-0.39, 0.29) is 6.03 Å². The number of amides is 2. The summed E-state index contributed by atoms with van der Waals surface area (Å²) in [6, 6.07) is -0.213. The first kappa shape index (κ1) is 12.2. The van der Waals surface area contributed by atoms with Gasteiger partial charge in [-0.25, -0.2) is 10.2 Å². The van der Waals surface area contributed by atoms with Gasteiger partial charge in [0, 0.05) is 24.8 Å². The van der Waals surface area contributed by atoms with Gasteiger partial charge < -0.3 is 5.32 Å². The van der Waals surface area contributed by atoms with Crippen LogP contribution in [0.25, 0.3) is 0 Å². The molecule has 2 amide bonds. The summed E-state index contributed by atoms with van der Waals surface area (Å²) in [4.78, 5) is 11.6. The number of hydrogen-bond donors (Lipinski definition) is 2. The van der Waals surface area contributed by atoms with E-state index in [0.717, 1.165) is 37.1 Å². The zero-order valence-electron chi connectivity index (χ0n) is 11.1. The number of aromatic nitrogens is 2. The largest absolute Gasteiger partial charge is 0.336 e. The third-order valence-electron chi connectivity index (χ3n) is 3.74. The smallest absolute Gasteiger partial charge is 0.335 e. The van der Waals surface area contributed by atoms with Crippen molar-refractivity contribution in [1.29, 1.82) is 0 Å². The van der Waals surface area contributed by atoms with Crippen molar-refractivity contribution < 1.29 is 4.79 Å².